The molecule has 1 aliphatic heterocycles. The number of nitrogens with one attached hydrogen (secondary N) is 3. The number of hydrogen-bond acceptors (Lipinski definition) is 4. The summed E-state index contributed by atoms with van der Waals surface area (Å²) in [4.78, 5) is 24.4. The van der Waals surface area contributed by atoms with Crippen LogP contribution < -0.4 is 16.0 Å². The molecule has 3 N–H and O–H groups in total. The second-order valence-electron chi connectivity index (χ2n) is 4.37. The third kappa shape index (κ3) is 6.39. The van der Waals surface area contributed by atoms with E-state index in [-0.39, 0.29) is 12.6 Å². The first-order valence-electron chi connectivity index (χ1n) is 5.87. The zero-order valence-electron chi connectivity index (χ0n) is 10.5. The Bertz CT molecular complexity index is 335. The summed E-state index contributed by atoms with van der Waals surface area (Å²) in [6, 6.07) is -0.997. The largest absolute Gasteiger partial charge is 0.405 e. The number of amides is 3. The number of halogens is 3. The van der Waals surface area contributed by atoms with Crippen molar-refractivity contribution >= 4 is 11.9 Å². The number of carbonyl (C=O) groups is 2. The molecule has 3 amide bonds. The van der Waals surface area contributed by atoms with Crippen molar-refractivity contribution in [1.82, 2.24) is 20.9 Å². The van der Waals surface area contributed by atoms with Gasteiger partial charge in [0.15, 0.2) is 0 Å². The van der Waals surface area contributed by atoms with Gasteiger partial charge in [0.2, 0.25) is 5.91 Å². The fourth-order valence-electron chi connectivity index (χ4n) is 1.69. The molecule has 19 heavy (non-hydrogen) atoms. The lowest BCUT2D eigenvalue weighted by atomic mass is 10.2. The third-order valence-electron chi connectivity index (χ3n) is 2.69. The highest BCUT2D eigenvalue weighted by Crippen LogP contribution is 2.11. The number of urea groups is 1. The van der Waals surface area contributed by atoms with E-state index >= 15 is 0 Å². The van der Waals surface area contributed by atoms with Gasteiger partial charge < -0.3 is 10.6 Å². The summed E-state index contributed by atoms with van der Waals surface area (Å²) < 4.78 is 35.5. The molecule has 1 aliphatic rings. The van der Waals surface area contributed by atoms with Gasteiger partial charge in [0.05, 0.1) is 6.54 Å². The van der Waals surface area contributed by atoms with Crippen LogP contribution in [0.1, 0.15) is 6.92 Å². The predicted molar refractivity (Wildman–Crippen MR) is 61.5 cm³/mol. The van der Waals surface area contributed by atoms with E-state index < -0.39 is 24.7 Å². The first kappa shape index (κ1) is 15.7. The summed E-state index contributed by atoms with van der Waals surface area (Å²) in [7, 11) is 0. The summed E-state index contributed by atoms with van der Waals surface area (Å²) in [5, 5.41) is 6.58. The smallest absolute Gasteiger partial charge is 0.329 e. The topological polar surface area (TPSA) is 73.5 Å². The van der Waals surface area contributed by atoms with E-state index in [1.165, 1.54) is 0 Å². The molecule has 0 aromatic carbocycles. The number of carbonyl (C=O) groups excluding carboxylic acids is 2. The average Bonchev–Trinajstić information content (AvgIpc) is 2.29. The molecular weight excluding hydrogens is 265 g/mol. The van der Waals surface area contributed by atoms with Gasteiger partial charge in [-0.25, -0.2) is 4.79 Å². The Kier molecular flexibility index (Phi) is 5.55. The van der Waals surface area contributed by atoms with Crippen LogP contribution in [0.2, 0.25) is 0 Å². The Balaban J connectivity index is 2.28. The number of imide groups is 1. The molecule has 0 aliphatic carbocycles. The van der Waals surface area contributed by atoms with Crippen molar-refractivity contribution in [1.29, 1.82) is 0 Å². The summed E-state index contributed by atoms with van der Waals surface area (Å²) in [5.74, 6) is -0.617. The molecular formula is C10H17F3N4O2. The van der Waals surface area contributed by atoms with Crippen molar-refractivity contribution in [2.24, 2.45) is 0 Å². The summed E-state index contributed by atoms with van der Waals surface area (Å²) in [5.41, 5.74) is 0. The van der Waals surface area contributed by atoms with Crippen LogP contribution in [0.5, 0.6) is 0 Å². The summed E-state index contributed by atoms with van der Waals surface area (Å²) in [6.45, 7) is 2.56. The predicted octanol–water partition coefficient (Wildman–Crippen LogP) is -0.332. The number of alkyl halides is 3. The highest BCUT2D eigenvalue weighted by atomic mass is 19.4. The summed E-state index contributed by atoms with van der Waals surface area (Å²) >= 11 is 0. The maximum Gasteiger partial charge on any atom is 0.405 e. The number of rotatable bonds is 3. The van der Waals surface area contributed by atoms with E-state index in [1.54, 1.807) is 5.32 Å². The first-order chi connectivity index (χ1) is 8.78. The van der Waals surface area contributed by atoms with E-state index in [0.29, 0.717) is 6.54 Å². The zero-order chi connectivity index (χ0) is 14.5. The van der Waals surface area contributed by atoms with E-state index in [2.05, 4.69) is 5.32 Å². The molecule has 0 bridgehead atoms. The van der Waals surface area contributed by atoms with Crippen molar-refractivity contribution < 1.29 is 22.8 Å². The molecule has 0 spiro atoms. The van der Waals surface area contributed by atoms with E-state index in [0.717, 1.165) is 13.1 Å². The first-order valence-corrected chi connectivity index (χ1v) is 5.87. The molecule has 9 heteroatoms. The minimum atomic E-state index is -4.49. The van der Waals surface area contributed by atoms with Crippen LogP contribution in [0.4, 0.5) is 18.0 Å². The molecule has 1 saturated heterocycles. The van der Waals surface area contributed by atoms with Crippen molar-refractivity contribution in [3.63, 3.8) is 0 Å². The molecule has 1 fully saturated rings. The van der Waals surface area contributed by atoms with Gasteiger partial charge in [0, 0.05) is 25.7 Å². The van der Waals surface area contributed by atoms with Gasteiger partial charge in [0.1, 0.15) is 6.54 Å². The van der Waals surface area contributed by atoms with Crippen LogP contribution in [0.25, 0.3) is 0 Å². The average molecular weight is 282 g/mol. The quantitative estimate of drug-likeness (QED) is 0.662. The minimum Gasteiger partial charge on any atom is -0.329 e. The van der Waals surface area contributed by atoms with Crippen LogP contribution in [-0.4, -0.2) is 61.8 Å². The van der Waals surface area contributed by atoms with Gasteiger partial charge in [-0.15, -0.1) is 0 Å². The molecule has 1 rings (SSSR count). The van der Waals surface area contributed by atoms with Gasteiger partial charge in [-0.3, -0.25) is 15.0 Å². The molecule has 0 unspecified atom stereocenters. The maximum absolute atomic E-state index is 11.8. The Morgan fingerprint density at radius 2 is 2.11 bits per heavy atom. The van der Waals surface area contributed by atoms with Crippen LogP contribution in [0.3, 0.4) is 0 Å². The second kappa shape index (κ2) is 6.71. The standard InChI is InChI=1S/C10H17F3N4O2/c1-7-4-14-2-3-17(7)5-8(18)16-9(19)15-6-10(11,12)13/h7,14H,2-6H2,1H3,(H2,15,16,18,19)/t7-/m0/s1. The van der Waals surface area contributed by atoms with Gasteiger partial charge in [-0.2, -0.15) is 13.2 Å². The molecule has 0 aromatic heterocycles. The molecule has 1 atom stereocenters. The van der Waals surface area contributed by atoms with E-state index in [9.17, 15) is 22.8 Å². The minimum absolute atomic E-state index is 0.0116. The molecule has 0 radical (unpaired) electrons. The molecule has 110 valence electrons. The monoisotopic (exact) mass is 282 g/mol. The highest BCUT2D eigenvalue weighted by Gasteiger charge is 2.28. The van der Waals surface area contributed by atoms with Crippen molar-refractivity contribution in [2.45, 2.75) is 19.1 Å². The Morgan fingerprint density at radius 3 is 2.68 bits per heavy atom. The van der Waals surface area contributed by atoms with Crippen LogP contribution in [0, 0.1) is 0 Å². The molecule has 0 saturated carbocycles. The third-order valence-corrected chi connectivity index (χ3v) is 2.69. The van der Waals surface area contributed by atoms with Crippen molar-refractivity contribution in [2.75, 3.05) is 32.7 Å². The lowest BCUT2D eigenvalue weighted by Gasteiger charge is -2.33. The lowest BCUT2D eigenvalue weighted by Crippen LogP contribution is -2.54. The lowest BCUT2D eigenvalue weighted by molar-refractivity contribution is -0.125. The fourth-order valence-corrected chi connectivity index (χ4v) is 1.69. The van der Waals surface area contributed by atoms with Gasteiger partial charge in [-0.05, 0) is 6.92 Å². The number of nitrogens with zero attached hydrogens (tertiary/aromatic N) is 1. The number of hydrogen-bond donors (Lipinski definition) is 3. The van der Waals surface area contributed by atoms with Gasteiger partial charge >= 0.3 is 12.2 Å². The highest BCUT2D eigenvalue weighted by molar-refractivity contribution is 5.95. The Hall–Kier alpha value is -1.35. The SMILES string of the molecule is C[C@H]1CNCCN1CC(=O)NC(=O)NCC(F)(F)F. The molecule has 0 aromatic rings. The summed E-state index contributed by atoms with van der Waals surface area (Å²) in [6.07, 6.45) is -4.49. The van der Waals surface area contributed by atoms with E-state index in [4.69, 9.17) is 0 Å². The van der Waals surface area contributed by atoms with Gasteiger partial charge in [0.25, 0.3) is 0 Å². The fraction of sp³-hybridized carbons (Fsp3) is 0.800. The Morgan fingerprint density at radius 1 is 1.42 bits per heavy atom. The molecule has 1 heterocycles. The zero-order valence-corrected chi connectivity index (χ0v) is 10.5. The van der Waals surface area contributed by atoms with Crippen LogP contribution in [-0.2, 0) is 4.79 Å². The number of piperazine rings is 1. The second-order valence-corrected chi connectivity index (χ2v) is 4.37. The van der Waals surface area contributed by atoms with Crippen molar-refractivity contribution in [3.8, 4) is 0 Å². The van der Waals surface area contributed by atoms with Crippen LogP contribution >= 0.6 is 0 Å². The normalized spacial score (nSPS) is 20.9. The molecule has 6 nitrogen and oxygen atoms in total. The maximum atomic E-state index is 11.8. The van der Waals surface area contributed by atoms with Crippen LogP contribution in [0.15, 0.2) is 0 Å². The van der Waals surface area contributed by atoms with Crippen molar-refractivity contribution in [3.05, 3.63) is 0 Å². The Labute approximate surface area is 108 Å². The van der Waals surface area contributed by atoms with E-state index in [1.807, 2.05) is 17.1 Å². The van der Waals surface area contributed by atoms with Gasteiger partial charge in [-0.1, -0.05) is 0 Å².